The molecule has 0 amide bonds. The first-order valence-corrected chi connectivity index (χ1v) is 5.92. The first-order valence-electron chi connectivity index (χ1n) is 5.92. The summed E-state index contributed by atoms with van der Waals surface area (Å²) in [6.07, 6.45) is 2.89. The summed E-state index contributed by atoms with van der Waals surface area (Å²) >= 11 is 0. The number of Topliss-reactive ketones (excluding diaryl/α,β-unsaturated/α-hetero) is 1. The molecule has 0 unspecified atom stereocenters. The molecule has 0 aliphatic carbocycles. The second kappa shape index (κ2) is 4.62. The summed E-state index contributed by atoms with van der Waals surface area (Å²) < 4.78 is 0. The Balaban J connectivity index is 2.62. The van der Waals surface area contributed by atoms with E-state index in [9.17, 15) is 4.79 Å². The molecular weight excluding hydrogens is 188 g/mol. The zero-order valence-corrected chi connectivity index (χ0v) is 10.4. The molecule has 2 N–H and O–H groups in total. The topological polar surface area (TPSA) is 46.3 Å². The minimum Gasteiger partial charge on any atom is -0.299 e. The maximum atomic E-state index is 12.1. The van der Waals surface area contributed by atoms with Gasteiger partial charge in [-0.05, 0) is 19.3 Å². The standard InChI is InChI=1S/C12H24N2O/c1-5-10-8-9(6-7-14(10)13)11(15)12(2,3)4/h9-10H,5-8,13H2,1-4H3/t9-,10-/m0/s1. The van der Waals surface area contributed by atoms with Gasteiger partial charge in [-0.2, -0.15) is 0 Å². The van der Waals surface area contributed by atoms with E-state index < -0.39 is 0 Å². The van der Waals surface area contributed by atoms with Gasteiger partial charge in [0, 0.05) is 23.9 Å². The monoisotopic (exact) mass is 212 g/mol. The Morgan fingerprint density at radius 2 is 2.07 bits per heavy atom. The van der Waals surface area contributed by atoms with Crippen molar-refractivity contribution in [3.8, 4) is 0 Å². The Labute approximate surface area is 93.0 Å². The van der Waals surface area contributed by atoms with Gasteiger partial charge in [-0.1, -0.05) is 27.7 Å². The molecule has 1 saturated heterocycles. The average Bonchev–Trinajstić information content (AvgIpc) is 2.16. The zero-order valence-electron chi connectivity index (χ0n) is 10.4. The number of hydrogen-bond acceptors (Lipinski definition) is 3. The molecule has 0 saturated carbocycles. The van der Waals surface area contributed by atoms with Crippen molar-refractivity contribution in [2.75, 3.05) is 6.54 Å². The van der Waals surface area contributed by atoms with Crippen LogP contribution in [0.25, 0.3) is 0 Å². The molecular formula is C12H24N2O. The normalized spacial score (nSPS) is 29.1. The van der Waals surface area contributed by atoms with E-state index in [-0.39, 0.29) is 11.3 Å². The van der Waals surface area contributed by atoms with E-state index in [4.69, 9.17) is 5.84 Å². The zero-order chi connectivity index (χ0) is 11.6. The van der Waals surface area contributed by atoms with Gasteiger partial charge in [0.2, 0.25) is 0 Å². The van der Waals surface area contributed by atoms with E-state index in [1.54, 1.807) is 0 Å². The quantitative estimate of drug-likeness (QED) is 0.712. The number of ketones is 1. The van der Waals surface area contributed by atoms with Crippen molar-refractivity contribution in [1.82, 2.24) is 5.01 Å². The smallest absolute Gasteiger partial charge is 0.141 e. The lowest BCUT2D eigenvalue weighted by atomic mass is 9.77. The van der Waals surface area contributed by atoms with Crippen LogP contribution in [0.5, 0.6) is 0 Å². The molecule has 1 rings (SSSR count). The first-order chi connectivity index (χ1) is 6.86. The van der Waals surface area contributed by atoms with E-state index in [0.29, 0.717) is 11.8 Å². The Morgan fingerprint density at radius 1 is 1.47 bits per heavy atom. The number of carbonyl (C=O) groups is 1. The lowest BCUT2D eigenvalue weighted by Crippen LogP contribution is -2.49. The average molecular weight is 212 g/mol. The number of rotatable bonds is 2. The summed E-state index contributed by atoms with van der Waals surface area (Å²) in [6, 6.07) is 0.384. The predicted molar refractivity (Wildman–Crippen MR) is 62.2 cm³/mol. The number of hydrogen-bond donors (Lipinski definition) is 1. The molecule has 1 aliphatic heterocycles. The third kappa shape index (κ3) is 3.02. The van der Waals surface area contributed by atoms with Crippen LogP contribution in [0.3, 0.4) is 0 Å². The highest BCUT2D eigenvalue weighted by atomic mass is 16.1. The van der Waals surface area contributed by atoms with Crippen molar-refractivity contribution in [2.45, 2.75) is 53.0 Å². The van der Waals surface area contributed by atoms with Gasteiger partial charge >= 0.3 is 0 Å². The molecule has 0 radical (unpaired) electrons. The molecule has 88 valence electrons. The van der Waals surface area contributed by atoms with Gasteiger partial charge in [0.1, 0.15) is 5.78 Å². The fraction of sp³-hybridized carbons (Fsp3) is 0.917. The van der Waals surface area contributed by atoms with Crippen LogP contribution in [0.1, 0.15) is 47.0 Å². The third-order valence-electron chi connectivity index (χ3n) is 3.34. The molecule has 0 aromatic carbocycles. The predicted octanol–water partition coefficient (Wildman–Crippen LogP) is 1.97. The van der Waals surface area contributed by atoms with E-state index >= 15 is 0 Å². The van der Waals surface area contributed by atoms with Crippen LogP contribution in [-0.2, 0) is 4.79 Å². The second-order valence-electron chi connectivity index (χ2n) is 5.64. The molecule has 3 heteroatoms. The first kappa shape index (κ1) is 12.7. The maximum absolute atomic E-state index is 12.1. The Hall–Kier alpha value is -0.410. The van der Waals surface area contributed by atoms with Gasteiger partial charge in [-0.3, -0.25) is 10.6 Å². The highest BCUT2D eigenvalue weighted by molar-refractivity contribution is 5.86. The van der Waals surface area contributed by atoms with Crippen LogP contribution in [0.2, 0.25) is 0 Å². The van der Waals surface area contributed by atoms with Crippen LogP contribution in [0, 0.1) is 11.3 Å². The Bertz CT molecular complexity index is 232. The van der Waals surface area contributed by atoms with Crippen LogP contribution in [-0.4, -0.2) is 23.4 Å². The number of hydrazine groups is 1. The van der Waals surface area contributed by atoms with Gasteiger partial charge in [0.25, 0.3) is 0 Å². The fourth-order valence-corrected chi connectivity index (χ4v) is 2.32. The number of piperidine rings is 1. The summed E-state index contributed by atoms with van der Waals surface area (Å²) in [5.41, 5.74) is -0.209. The maximum Gasteiger partial charge on any atom is 0.141 e. The van der Waals surface area contributed by atoms with Gasteiger partial charge in [0.05, 0.1) is 0 Å². The number of carbonyl (C=O) groups excluding carboxylic acids is 1. The van der Waals surface area contributed by atoms with Crippen molar-refractivity contribution in [1.29, 1.82) is 0 Å². The summed E-state index contributed by atoms with van der Waals surface area (Å²) in [5, 5.41) is 1.90. The van der Waals surface area contributed by atoms with Crippen molar-refractivity contribution >= 4 is 5.78 Å². The summed E-state index contributed by atoms with van der Waals surface area (Å²) in [7, 11) is 0. The van der Waals surface area contributed by atoms with E-state index in [2.05, 4.69) is 6.92 Å². The van der Waals surface area contributed by atoms with Crippen LogP contribution >= 0.6 is 0 Å². The highest BCUT2D eigenvalue weighted by Crippen LogP contribution is 2.30. The number of nitrogens with two attached hydrogens (primary N) is 1. The SMILES string of the molecule is CC[C@H]1C[C@@H](C(=O)C(C)(C)C)CCN1N. The molecule has 1 heterocycles. The van der Waals surface area contributed by atoms with Crippen molar-refractivity contribution in [2.24, 2.45) is 17.2 Å². The third-order valence-corrected chi connectivity index (χ3v) is 3.34. The Morgan fingerprint density at radius 3 is 2.53 bits per heavy atom. The second-order valence-corrected chi connectivity index (χ2v) is 5.64. The van der Waals surface area contributed by atoms with Gasteiger partial charge in [-0.15, -0.1) is 0 Å². The Kier molecular flexibility index (Phi) is 3.90. The van der Waals surface area contributed by atoms with Crippen LogP contribution in [0.15, 0.2) is 0 Å². The van der Waals surface area contributed by atoms with Crippen molar-refractivity contribution < 1.29 is 4.79 Å². The lowest BCUT2D eigenvalue weighted by Gasteiger charge is -2.37. The van der Waals surface area contributed by atoms with E-state index in [1.165, 1.54) is 0 Å². The van der Waals surface area contributed by atoms with Gasteiger partial charge in [0.15, 0.2) is 0 Å². The number of nitrogens with zero attached hydrogens (tertiary/aromatic N) is 1. The molecule has 0 spiro atoms. The summed E-state index contributed by atoms with van der Waals surface area (Å²) in [4.78, 5) is 12.1. The van der Waals surface area contributed by atoms with Crippen LogP contribution in [0.4, 0.5) is 0 Å². The molecule has 2 atom stereocenters. The van der Waals surface area contributed by atoms with Crippen LogP contribution < -0.4 is 5.84 Å². The lowest BCUT2D eigenvalue weighted by molar-refractivity contribution is -0.132. The molecule has 1 aliphatic rings. The molecule has 0 bridgehead atoms. The summed E-state index contributed by atoms with van der Waals surface area (Å²) in [5.74, 6) is 6.50. The molecule has 3 nitrogen and oxygen atoms in total. The van der Waals surface area contributed by atoms with E-state index in [0.717, 1.165) is 25.8 Å². The van der Waals surface area contributed by atoms with Gasteiger partial charge in [-0.25, -0.2) is 5.01 Å². The molecule has 15 heavy (non-hydrogen) atoms. The summed E-state index contributed by atoms with van der Waals surface area (Å²) in [6.45, 7) is 9.00. The largest absolute Gasteiger partial charge is 0.299 e. The molecule has 0 aromatic rings. The van der Waals surface area contributed by atoms with Crippen molar-refractivity contribution in [3.63, 3.8) is 0 Å². The van der Waals surface area contributed by atoms with E-state index in [1.807, 2.05) is 25.8 Å². The minimum absolute atomic E-state index is 0.209. The fourth-order valence-electron chi connectivity index (χ4n) is 2.32. The van der Waals surface area contributed by atoms with Gasteiger partial charge < -0.3 is 0 Å². The highest BCUT2D eigenvalue weighted by Gasteiger charge is 2.34. The molecule has 0 aromatic heterocycles. The minimum atomic E-state index is -0.209. The molecule has 1 fully saturated rings. The van der Waals surface area contributed by atoms with Crippen molar-refractivity contribution in [3.05, 3.63) is 0 Å².